The van der Waals surface area contributed by atoms with Gasteiger partial charge in [-0.1, -0.05) is 48.5 Å². The molecule has 0 N–H and O–H groups in total. The molecule has 2 aromatic carbocycles. The Kier molecular flexibility index (Phi) is 4.69. The van der Waals surface area contributed by atoms with E-state index in [2.05, 4.69) is 34.1 Å². The Labute approximate surface area is 147 Å². The first kappa shape index (κ1) is 16.2. The molecule has 0 bridgehead atoms. The first-order valence-electron chi connectivity index (χ1n) is 7.82. The Morgan fingerprint density at radius 1 is 0.840 bits per heavy atom. The summed E-state index contributed by atoms with van der Waals surface area (Å²) >= 11 is 0. The molecule has 0 atom stereocenters. The fourth-order valence-electron chi connectivity index (χ4n) is 2.64. The number of pyridine rings is 1. The van der Waals surface area contributed by atoms with Gasteiger partial charge in [0, 0.05) is 12.4 Å². The van der Waals surface area contributed by atoms with Gasteiger partial charge in [-0.3, -0.25) is 4.98 Å². The second-order valence-electron chi connectivity index (χ2n) is 5.59. The molecule has 1 heterocycles. The molecule has 25 heavy (non-hydrogen) atoms. The molecule has 0 spiro atoms. The maximum atomic E-state index is 8.98. The van der Waals surface area contributed by atoms with Gasteiger partial charge in [-0.15, -0.1) is 0 Å². The number of hydrogen-bond acceptors (Lipinski definition) is 2. The van der Waals surface area contributed by atoms with Crippen molar-refractivity contribution < 1.29 is 0 Å². The standard InChI is InChI=1S/C22H15N3/c1-16(22(15-23)24-2)17-3-5-18(6-4-17)19-7-9-20(10-8-19)21-11-13-25-14-12-21/h3-14H,1H3. The van der Waals surface area contributed by atoms with E-state index in [0.29, 0.717) is 5.57 Å². The van der Waals surface area contributed by atoms with Crippen molar-refractivity contribution in [3.8, 4) is 28.3 Å². The zero-order chi connectivity index (χ0) is 17.6. The summed E-state index contributed by atoms with van der Waals surface area (Å²) in [6.45, 7) is 8.85. The van der Waals surface area contributed by atoms with Crippen LogP contribution in [0, 0.1) is 17.9 Å². The highest BCUT2D eigenvalue weighted by Crippen LogP contribution is 2.26. The monoisotopic (exact) mass is 321 g/mol. The topological polar surface area (TPSA) is 41.0 Å². The molecule has 3 heteroatoms. The Morgan fingerprint density at radius 2 is 1.28 bits per heavy atom. The van der Waals surface area contributed by atoms with Gasteiger partial charge in [0.1, 0.15) is 0 Å². The average Bonchev–Trinajstić information content (AvgIpc) is 2.70. The average molecular weight is 321 g/mol. The number of allylic oxidation sites excluding steroid dienone is 2. The van der Waals surface area contributed by atoms with Gasteiger partial charge in [0.25, 0.3) is 5.70 Å². The van der Waals surface area contributed by atoms with Crippen LogP contribution in [-0.2, 0) is 0 Å². The van der Waals surface area contributed by atoms with E-state index < -0.39 is 0 Å². The number of nitrogens with zero attached hydrogens (tertiary/aromatic N) is 3. The van der Waals surface area contributed by atoms with Crippen LogP contribution in [-0.4, -0.2) is 4.98 Å². The third-order valence-electron chi connectivity index (χ3n) is 4.12. The highest BCUT2D eigenvalue weighted by molar-refractivity contribution is 5.75. The summed E-state index contributed by atoms with van der Waals surface area (Å²) in [7, 11) is 0. The van der Waals surface area contributed by atoms with Crippen LogP contribution in [0.5, 0.6) is 0 Å². The molecule has 0 aliphatic rings. The normalized spacial score (nSPS) is 11.2. The summed E-state index contributed by atoms with van der Waals surface area (Å²) < 4.78 is 0. The van der Waals surface area contributed by atoms with Gasteiger partial charge < -0.3 is 0 Å². The Hall–Kier alpha value is -3.69. The van der Waals surface area contributed by atoms with Crippen molar-refractivity contribution in [1.82, 2.24) is 4.98 Å². The summed E-state index contributed by atoms with van der Waals surface area (Å²) in [4.78, 5) is 7.31. The van der Waals surface area contributed by atoms with Crippen LogP contribution in [0.1, 0.15) is 12.5 Å². The zero-order valence-electron chi connectivity index (χ0n) is 13.8. The van der Waals surface area contributed by atoms with E-state index in [9.17, 15) is 0 Å². The fourth-order valence-corrected chi connectivity index (χ4v) is 2.64. The van der Waals surface area contributed by atoms with Crippen LogP contribution in [0.4, 0.5) is 0 Å². The van der Waals surface area contributed by atoms with Crippen LogP contribution in [0.25, 0.3) is 32.7 Å². The number of rotatable bonds is 3. The molecule has 118 valence electrons. The van der Waals surface area contributed by atoms with E-state index in [0.717, 1.165) is 27.8 Å². The van der Waals surface area contributed by atoms with Gasteiger partial charge in [0.05, 0.1) is 12.6 Å². The summed E-state index contributed by atoms with van der Waals surface area (Å²) in [5, 5.41) is 8.98. The zero-order valence-corrected chi connectivity index (χ0v) is 13.8. The van der Waals surface area contributed by atoms with E-state index in [1.54, 1.807) is 19.3 Å². The lowest BCUT2D eigenvalue weighted by Crippen LogP contribution is -1.85. The third kappa shape index (κ3) is 3.47. The number of aromatic nitrogens is 1. The SMILES string of the molecule is [C-]#[N+]C(C#N)=C(C)c1ccc(-c2ccc(-c3ccncc3)cc2)cc1. The summed E-state index contributed by atoms with van der Waals surface area (Å²) in [6, 6.07) is 22.2. The lowest BCUT2D eigenvalue weighted by molar-refractivity contribution is 1.33. The first-order chi connectivity index (χ1) is 12.2. The van der Waals surface area contributed by atoms with Crippen molar-refractivity contribution in [1.29, 1.82) is 5.26 Å². The molecule has 3 rings (SSSR count). The summed E-state index contributed by atoms with van der Waals surface area (Å²) in [6.07, 6.45) is 3.58. The molecular formula is C22H15N3. The van der Waals surface area contributed by atoms with Gasteiger partial charge in [-0.05, 0) is 52.4 Å². The van der Waals surface area contributed by atoms with Gasteiger partial charge >= 0.3 is 0 Å². The second kappa shape index (κ2) is 7.25. The highest BCUT2D eigenvalue weighted by Gasteiger charge is 2.05. The lowest BCUT2D eigenvalue weighted by Gasteiger charge is -2.07. The van der Waals surface area contributed by atoms with Crippen molar-refractivity contribution >= 4 is 5.57 Å². The maximum absolute atomic E-state index is 8.98. The molecule has 0 aliphatic heterocycles. The number of nitriles is 1. The lowest BCUT2D eigenvalue weighted by atomic mass is 9.98. The summed E-state index contributed by atoms with van der Waals surface area (Å²) in [5.41, 5.74) is 6.24. The van der Waals surface area contributed by atoms with E-state index in [1.165, 1.54) is 0 Å². The number of benzene rings is 2. The van der Waals surface area contributed by atoms with Crippen LogP contribution >= 0.6 is 0 Å². The molecule has 3 nitrogen and oxygen atoms in total. The maximum Gasteiger partial charge on any atom is 0.265 e. The fraction of sp³-hybridized carbons (Fsp3) is 0.0455. The molecule has 0 radical (unpaired) electrons. The molecule has 0 aliphatic carbocycles. The van der Waals surface area contributed by atoms with Crippen LogP contribution in [0.3, 0.4) is 0 Å². The second-order valence-corrected chi connectivity index (χ2v) is 5.59. The van der Waals surface area contributed by atoms with Crippen molar-refractivity contribution in [3.05, 3.63) is 95.7 Å². The minimum atomic E-state index is 0.134. The molecule has 0 amide bonds. The molecule has 0 saturated carbocycles. The van der Waals surface area contributed by atoms with Gasteiger partial charge in [-0.25, -0.2) is 10.1 Å². The quantitative estimate of drug-likeness (QED) is 0.466. The van der Waals surface area contributed by atoms with Crippen LogP contribution in [0.15, 0.2) is 78.8 Å². The van der Waals surface area contributed by atoms with Crippen molar-refractivity contribution in [2.45, 2.75) is 6.92 Å². The van der Waals surface area contributed by atoms with Gasteiger partial charge in [-0.2, -0.15) is 0 Å². The minimum absolute atomic E-state index is 0.134. The van der Waals surface area contributed by atoms with Gasteiger partial charge in [0.15, 0.2) is 0 Å². The van der Waals surface area contributed by atoms with E-state index in [-0.39, 0.29) is 5.70 Å². The molecular weight excluding hydrogens is 306 g/mol. The Bertz CT molecular complexity index is 968. The highest BCUT2D eigenvalue weighted by atomic mass is 14.7. The van der Waals surface area contributed by atoms with Crippen molar-refractivity contribution in [2.24, 2.45) is 0 Å². The largest absolute Gasteiger partial charge is 0.265 e. The van der Waals surface area contributed by atoms with Crippen molar-refractivity contribution in [3.63, 3.8) is 0 Å². The smallest absolute Gasteiger partial charge is 0.265 e. The predicted octanol–water partition coefficient (Wildman–Crippen LogP) is 5.59. The van der Waals surface area contributed by atoms with Crippen LogP contribution < -0.4 is 0 Å². The number of hydrogen-bond donors (Lipinski definition) is 0. The third-order valence-corrected chi connectivity index (χ3v) is 4.12. The van der Waals surface area contributed by atoms with E-state index in [4.69, 9.17) is 11.8 Å². The molecule has 0 fully saturated rings. The Balaban J connectivity index is 1.88. The molecule has 0 saturated heterocycles. The van der Waals surface area contributed by atoms with E-state index in [1.807, 2.05) is 42.5 Å². The first-order valence-corrected chi connectivity index (χ1v) is 7.82. The molecule has 0 unspecified atom stereocenters. The Morgan fingerprint density at radius 3 is 1.72 bits per heavy atom. The molecule has 1 aromatic heterocycles. The van der Waals surface area contributed by atoms with E-state index >= 15 is 0 Å². The summed E-state index contributed by atoms with van der Waals surface area (Å²) in [5.74, 6) is 0. The van der Waals surface area contributed by atoms with Crippen LogP contribution in [0.2, 0.25) is 0 Å². The van der Waals surface area contributed by atoms with Gasteiger partial charge in [0.2, 0.25) is 0 Å². The molecule has 3 aromatic rings. The minimum Gasteiger partial charge on any atom is -0.265 e. The van der Waals surface area contributed by atoms with Crippen molar-refractivity contribution in [2.75, 3.05) is 0 Å². The predicted molar refractivity (Wildman–Crippen MR) is 99.9 cm³/mol.